The zero-order chi connectivity index (χ0) is 10.0. The summed E-state index contributed by atoms with van der Waals surface area (Å²) in [6.45, 7) is 0. The summed E-state index contributed by atoms with van der Waals surface area (Å²) < 4.78 is 0. The predicted molar refractivity (Wildman–Crippen MR) is 57.2 cm³/mol. The fraction of sp³-hybridized carbons (Fsp3) is 0.923. The highest BCUT2D eigenvalue weighted by Crippen LogP contribution is 2.60. The number of hydrogen-bond donors (Lipinski definition) is 1. The highest BCUT2D eigenvalue weighted by molar-refractivity contribution is 5.79. The van der Waals surface area contributed by atoms with Crippen LogP contribution in [0, 0.1) is 23.7 Å². The molecule has 1 aliphatic heterocycles. The Morgan fingerprint density at radius 1 is 1.00 bits per heavy atom. The van der Waals surface area contributed by atoms with E-state index in [1.165, 1.54) is 32.1 Å². The van der Waals surface area contributed by atoms with Crippen molar-refractivity contribution in [2.24, 2.45) is 23.7 Å². The lowest BCUT2D eigenvalue weighted by atomic mass is 9.48. The molecule has 4 saturated carbocycles. The molecule has 5 rings (SSSR count). The first kappa shape index (κ1) is 8.60. The molecule has 1 amide bonds. The van der Waals surface area contributed by atoms with Gasteiger partial charge in [-0.3, -0.25) is 4.79 Å². The monoisotopic (exact) mass is 205 g/mol. The molecule has 0 aromatic rings. The van der Waals surface area contributed by atoms with E-state index in [1.807, 2.05) is 0 Å². The second-order valence-corrected chi connectivity index (χ2v) is 6.39. The van der Waals surface area contributed by atoms with Crippen LogP contribution in [0.4, 0.5) is 0 Å². The standard InChI is InChI=1S/C13H19NO/c15-12-1-2-13(14-12)10-4-8-3-9(6-10)7-11(13)5-8/h8-11H,1-7H2,(H,14,15)/t8-,9-,10-,11+,13?. The molecule has 1 saturated heterocycles. The van der Waals surface area contributed by atoms with Crippen molar-refractivity contribution in [3.8, 4) is 0 Å². The molecular weight excluding hydrogens is 186 g/mol. The lowest BCUT2D eigenvalue weighted by molar-refractivity contribution is -0.123. The number of amides is 1. The highest BCUT2D eigenvalue weighted by Gasteiger charge is 2.59. The van der Waals surface area contributed by atoms with E-state index in [1.54, 1.807) is 0 Å². The smallest absolute Gasteiger partial charge is 0.220 e. The van der Waals surface area contributed by atoms with Gasteiger partial charge in [0.1, 0.15) is 0 Å². The van der Waals surface area contributed by atoms with Crippen molar-refractivity contribution in [1.29, 1.82) is 0 Å². The van der Waals surface area contributed by atoms with E-state index < -0.39 is 0 Å². The highest BCUT2D eigenvalue weighted by atomic mass is 16.2. The lowest BCUT2D eigenvalue weighted by Gasteiger charge is -2.60. The van der Waals surface area contributed by atoms with Gasteiger partial charge in [0.2, 0.25) is 5.91 Å². The van der Waals surface area contributed by atoms with Gasteiger partial charge in [-0.2, -0.15) is 0 Å². The number of carbonyl (C=O) groups is 1. The summed E-state index contributed by atoms with van der Waals surface area (Å²) >= 11 is 0. The van der Waals surface area contributed by atoms with Crippen LogP contribution in [-0.2, 0) is 4.79 Å². The number of rotatable bonds is 0. The van der Waals surface area contributed by atoms with Crippen LogP contribution < -0.4 is 5.32 Å². The van der Waals surface area contributed by atoms with Gasteiger partial charge in [0.25, 0.3) is 0 Å². The Bertz CT molecular complexity index is 294. The Hall–Kier alpha value is -0.530. The largest absolute Gasteiger partial charge is 0.350 e. The molecule has 5 fully saturated rings. The topological polar surface area (TPSA) is 29.1 Å². The Kier molecular flexibility index (Phi) is 1.48. The van der Waals surface area contributed by atoms with Crippen LogP contribution in [-0.4, -0.2) is 11.4 Å². The molecule has 5 aliphatic rings. The fourth-order valence-electron chi connectivity index (χ4n) is 5.34. The van der Waals surface area contributed by atoms with E-state index in [4.69, 9.17) is 0 Å². The van der Waals surface area contributed by atoms with Gasteiger partial charge in [-0.25, -0.2) is 0 Å². The molecule has 0 unspecified atom stereocenters. The minimum atomic E-state index is 0.268. The Morgan fingerprint density at radius 2 is 1.60 bits per heavy atom. The van der Waals surface area contributed by atoms with Gasteiger partial charge < -0.3 is 5.32 Å². The second kappa shape index (κ2) is 2.58. The van der Waals surface area contributed by atoms with Crippen LogP contribution in [0.1, 0.15) is 44.9 Å². The molecule has 4 aliphatic carbocycles. The molecule has 0 radical (unpaired) electrons. The molecule has 4 bridgehead atoms. The number of nitrogens with one attached hydrogen (secondary N) is 1. The second-order valence-electron chi connectivity index (χ2n) is 6.39. The molecule has 0 aromatic carbocycles. The van der Waals surface area contributed by atoms with Crippen LogP contribution in [0.2, 0.25) is 0 Å². The van der Waals surface area contributed by atoms with E-state index in [0.717, 1.165) is 36.5 Å². The molecular formula is C13H19NO. The van der Waals surface area contributed by atoms with Crippen molar-refractivity contribution in [3.63, 3.8) is 0 Å². The molecule has 2 nitrogen and oxygen atoms in total. The van der Waals surface area contributed by atoms with Gasteiger partial charge in [0, 0.05) is 12.0 Å². The molecule has 1 N–H and O–H groups in total. The summed E-state index contributed by atoms with van der Waals surface area (Å²) in [4.78, 5) is 11.5. The molecule has 0 atom stereocenters. The van der Waals surface area contributed by atoms with Gasteiger partial charge in [0.05, 0.1) is 0 Å². The van der Waals surface area contributed by atoms with E-state index in [0.29, 0.717) is 5.91 Å². The van der Waals surface area contributed by atoms with Gasteiger partial charge >= 0.3 is 0 Å². The van der Waals surface area contributed by atoms with Crippen molar-refractivity contribution in [2.75, 3.05) is 0 Å². The average Bonchev–Trinajstić information content (AvgIpc) is 2.57. The molecule has 2 heteroatoms. The molecule has 82 valence electrons. The SMILES string of the molecule is O=C1CCC2(N1)[C@H]1C[C@H]3C[C@H](C1)C[C@H]2C3. The zero-order valence-electron chi connectivity index (χ0n) is 9.17. The van der Waals surface area contributed by atoms with E-state index >= 15 is 0 Å². The lowest BCUT2D eigenvalue weighted by Crippen LogP contribution is -2.62. The van der Waals surface area contributed by atoms with Crippen LogP contribution in [0.5, 0.6) is 0 Å². The van der Waals surface area contributed by atoms with Gasteiger partial charge in [-0.1, -0.05) is 0 Å². The third-order valence-corrected chi connectivity index (χ3v) is 5.73. The van der Waals surface area contributed by atoms with Gasteiger partial charge in [0.15, 0.2) is 0 Å². The maximum Gasteiger partial charge on any atom is 0.220 e. The molecule has 0 aromatic heterocycles. The number of carbonyl (C=O) groups excluding carboxylic acids is 1. The maximum absolute atomic E-state index is 11.5. The van der Waals surface area contributed by atoms with Crippen LogP contribution in [0.25, 0.3) is 0 Å². The minimum absolute atomic E-state index is 0.268. The maximum atomic E-state index is 11.5. The molecule has 15 heavy (non-hydrogen) atoms. The quantitative estimate of drug-likeness (QED) is 0.644. The third-order valence-electron chi connectivity index (χ3n) is 5.73. The van der Waals surface area contributed by atoms with Gasteiger partial charge in [-0.05, 0) is 62.2 Å². The van der Waals surface area contributed by atoms with Crippen LogP contribution >= 0.6 is 0 Å². The molecule has 1 spiro atoms. The normalized spacial score (nSPS) is 56.4. The Morgan fingerprint density at radius 3 is 2.07 bits per heavy atom. The van der Waals surface area contributed by atoms with E-state index in [9.17, 15) is 4.79 Å². The summed E-state index contributed by atoms with van der Waals surface area (Å²) in [7, 11) is 0. The summed E-state index contributed by atoms with van der Waals surface area (Å²) in [5, 5.41) is 3.37. The van der Waals surface area contributed by atoms with E-state index in [-0.39, 0.29) is 5.54 Å². The third kappa shape index (κ3) is 0.982. The van der Waals surface area contributed by atoms with E-state index in [2.05, 4.69) is 5.32 Å². The van der Waals surface area contributed by atoms with Crippen molar-refractivity contribution < 1.29 is 4.79 Å². The summed E-state index contributed by atoms with van der Waals surface area (Å²) in [5.41, 5.74) is 0.268. The van der Waals surface area contributed by atoms with Crippen molar-refractivity contribution in [1.82, 2.24) is 5.32 Å². The summed E-state index contributed by atoms with van der Waals surface area (Å²) in [6.07, 6.45) is 9.07. The van der Waals surface area contributed by atoms with Crippen molar-refractivity contribution >= 4 is 5.91 Å². The Labute approximate surface area is 90.8 Å². The number of hydrogen-bond acceptors (Lipinski definition) is 1. The molecule has 1 heterocycles. The Balaban J connectivity index is 1.73. The predicted octanol–water partition coefficient (Wildman–Crippen LogP) is 2.09. The first-order valence-electron chi connectivity index (χ1n) is 6.57. The zero-order valence-corrected chi connectivity index (χ0v) is 9.17. The van der Waals surface area contributed by atoms with Crippen molar-refractivity contribution in [2.45, 2.75) is 50.5 Å². The fourth-order valence-corrected chi connectivity index (χ4v) is 5.34. The van der Waals surface area contributed by atoms with Gasteiger partial charge in [-0.15, -0.1) is 0 Å². The first-order valence-corrected chi connectivity index (χ1v) is 6.57. The van der Waals surface area contributed by atoms with Crippen LogP contribution in [0.15, 0.2) is 0 Å². The van der Waals surface area contributed by atoms with Crippen molar-refractivity contribution in [3.05, 3.63) is 0 Å². The van der Waals surface area contributed by atoms with Crippen LogP contribution in [0.3, 0.4) is 0 Å². The average molecular weight is 205 g/mol. The first-order chi connectivity index (χ1) is 7.26. The summed E-state index contributed by atoms with van der Waals surface area (Å²) in [5.74, 6) is 4.01. The summed E-state index contributed by atoms with van der Waals surface area (Å²) in [6, 6.07) is 0. The minimum Gasteiger partial charge on any atom is -0.350 e.